The summed E-state index contributed by atoms with van der Waals surface area (Å²) in [6, 6.07) is 9.65. The first-order chi connectivity index (χ1) is 11.2. The predicted molar refractivity (Wildman–Crippen MR) is 90.9 cm³/mol. The van der Waals surface area contributed by atoms with E-state index in [9.17, 15) is 0 Å². The molecule has 0 saturated carbocycles. The molecule has 1 aromatic carbocycles. The van der Waals surface area contributed by atoms with Crippen LogP contribution < -0.4 is 4.74 Å². The van der Waals surface area contributed by atoms with Gasteiger partial charge in [-0.05, 0) is 31.2 Å². The first-order valence-corrected chi connectivity index (χ1v) is 8.36. The topological polar surface area (TPSA) is 63.2 Å². The number of nitrogens with zero attached hydrogens (tertiary/aromatic N) is 4. The van der Waals surface area contributed by atoms with Crippen LogP contribution >= 0.6 is 23.4 Å². The summed E-state index contributed by atoms with van der Waals surface area (Å²) in [6.07, 6.45) is 3.46. The van der Waals surface area contributed by atoms with Crippen LogP contribution in [0.25, 0.3) is 16.8 Å². The Bertz CT molecular complexity index is 887. The molecule has 0 N–H and O–H groups in total. The van der Waals surface area contributed by atoms with E-state index in [4.69, 9.17) is 21.6 Å². The summed E-state index contributed by atoms with van der Waals surface area (Å²) in [5.41, 5.74) is 2.56. The fourth-order valence-electron chi connectivity index (χ4n) is 2.18. The fourth-order valence-corrected chi connectivity index (χ4v) is 3.06. The van der Waals surface area contributed by atoms with Gasteiger partial charge in [-0.2, -0.15) is 10.4 Å². The SMILES string of the molecule is CCOc1ccc(-c2cc3c(SCC#N)nccn3n2)cc1Cl. The lowest BCUT2D eigenvalue weighted by Gasteiger charge is -2.06. The molecule has 23 heavy (non-hydrogen) atoms. The summed E-state index contributed by atoms with van der Waals surface area (Å²) in [7, 11) is 0. The lowest BCUT2D eigenvalue weighted by atomic mass is 10.1. The van der Waals surface area contributed by atoms with Crippen molar-refractivity contribution in [2.24, 2.45) is 0 Å². The van der Waals surface area contributed by atoms with Gasteiger partial charge < -0.3 is 4.74 Å². The second-order valence-electron chi connectivity index (χ2n) is 4.62. The summed E-state index contributed by atoms with van der Waals surface area (Å²) in [6.45, 7) is 2.48. The van der Waals surface area contributed by atoms with Gasteiger partial charge in [0.05, 0.1) is 34.7 Å². The highest BCUT2D eigenvalue weighted by atomic mass is 35.5. The molecular weight excluding hydrogens is 332 g/mol. The van der Waals surface area contributed by atoms with Crippen molar-refractivity contribution in [1.82, 2.24) is 14.6 Å². The van der Waals surface area contributed by atoms with Crippen molar-refractivity contribution in [3.05, 3.63) is 41.7 Å². The molecule has 0 fully saturated rings. The van der Waals surface area contributed by atoms with Crippen LogP contribution in [0.4, 0.5) is 0 Å². The Hall–Kier alpha value is -2.23. The molecule has 0 aliphatic carbocycles. The molecule has 2 heterocycles. The molecule has 0 aliphatic heterocycles. The van der Waals surface area contributed by atoms with Crippen LogP contribution in [-0.2, 0) is 0 Å². The highest BCUT2D eigenvalue weighted by Crippen LogP contribution is 2.31. The number of rotatable bonds is 5. The lowest BCUT2D eigenvalue weighted by molar-refractivity contribution is 0.340. The summed E-state index contributed by atoms with van der Waals surface area (Å²) in [5.74, 6) is 1.01. The highest BCUT2D eigenvalue weighted by molar-refractivity contribution is 7.99. The van der Waals surface area contributed by atoms with Crippen molar-refractivity contribution in [3.8, 4) is 23.1 Å². The van der Waals surface area contributed by atoms with Gasteiger partial charge in [-0.1, -0.05) is 23.4 Å². The second-order valence-corrected chi connectivity index (χ2v) is 5.99. The Kier molecular flexibility index (Phi) is 4.70. The predicted octanol–water partition coefficient (Wildman–Crippen LogP) is 4.06. The standard InChI is InChI=1S/C16H13ClN4OS/c1-2-22-15-4-3-11(9-12(15)17)13-10-14-16(23-8-5-18)19-6-7-21(14)20-13/h3-4,6-7,9-10H,2,8H2,1H3. The molecule has 0 unspecified atom stereocenters. The molecule has 7 heteroatoms. The molecular formula is C16H13ClN4OS. The van der Waals surface area contributed by atoms with Gasteiger partial charge in [0.1, 0.15) is 10.8 Å². The quantitative estimate of drug-likeness (QED) is 0.653. The number of ether oxygens (including phenoxy) is 1. The fraction of sp³-hybridized carbons (Fsp3) is 0.188. The van der Waals surface area contributed by atoms with Gasteiger partial charge in [-0.25, -0.2) is 9.50 Å². The van der Waals surface area contributed by atoms with Crippen LogP contribution in [0.15, 0.2) is 41.7 Å². The zero-order valence-electron chi connectivity index (χ0n) is 12.4. The largest absolute Gasteiger partial charge is 0.492 e. The van der Waals surface area contributed by atoms with Crippen molar-refractivity contribution in [2.45, 2.75) is 11.9 Å². The van der Waals surface area contributed by atoms with E-state index in [-0.39, 0.29) is 0 Å². The zero-order valence-corrected chi connectivity index (χ0v) is 13.9. The maximum Gasteiger partial charge on any atom is 0.137 e. The van der Waals surface area contributed by atoms with E-state index in [1.54, 1.807) is 16.9 Å². The monoisotopic (exact) mass is 344 g/mol. The van der Waals surface area contributed by atoms with Gasteiger partial charge in [0, 0.05) is 18.0 Å². The Morgan fingerprint density at radius 2 is 2.26 bits per heavy atom. The molecule has 0 saturated heterocycles. The van der Waals surface area contributed by atoms with Crippen molar-refractivity contribution < 1.29 is 4.74 Å². The average Bonchev–Trinajstić information content (AvgIpc) is 2.99. The van der Waals surface area contributed by atoms with Gasteiger partial charge in [0.2, 0.25) is 0 Å². The molecule has 0 radical (unpaired) electrons. The van der Waals surface area contributed by atoms with Crippen molar-refractivity contribution in [2.75, 3.05) is 12.4 Å². The van der Waals surface area contributed by atoms with Crippen LogP contribution in [0, 0.1) is 11.3 Å². The Labute approximate surface area is 142 Å². The van der Waals surface area contributed by atoms with Crippen LogP contribution in [0.5, 0.6) is 5.75 Å². The van der Waals surface area contributed by atoms with Crippen LogP contribution in [0.1, 0.15) is 6.92 Å². The molecule has 0 amide bonds. The van der Waals surface area contributed by atoms with Crippen molar-refractivity contribution >= 4 is 28.9 Å². The molecule has 0 atom stereocenters. The highest BCUT2D eigenvalue weighted by Gasteiger charge is 2.11. The molecule has 116 valence electrons. The normalized spacial score (nSPS) is 10.7. The molecule has 0 bridgehead atoms. The van der Waals surface area contributed by atoms with E-state index in [1.807, 2.05) is 31.2 Å². The number of thioether (sulfide) groups is 1. The molecule has 5 nitrogen and oxygen atoms in total. The average molecular weight is 345 g/mol. The summed E-state index contributed by atoms with van der Waals surface area (Å²) >= 11 is 7.64. The zero-order chi connectivity index (χ0) is 16.2. The van der Waals surface area contributed by atoms with E-state index >= 15 is 0 Å². The molecule has 3 rings (SSSR count). The maximum atomic E-state index is 8.74. The smallest absolute Gasteiger partial charge is 0.137 e. The number of aromatic nitrogens is 3. The maximum absolute atomic E-state index is 8.74. The number of halogens is 1. The third kappa shape index (κ3) is 3.26. The van der Waals surface area contributed by atoms with Crippen LogP contribution in [0.3, 0.4) is 0 Å². The summed E-state index contributed by atoms with van der Waals surface area (Å²) in [5, 5.41) is 14.6. The lowest BCUT2D eigenvalue weighted by Crippen LogP contribution is -1.92. The summed E-state index contributed by atoms with van der Waals surface area (Å²) in [4.78, 5) is 4.31. The van der Waals surface area contributed by atoms with Crippen molar-refractivity contribution in [3.63, 3.8) is 0 Å². The first kappa shape index (κ1) is 15.7. The van der Waals surface area contributed by atoms with E-state index in [0.717, 1.165) is 21.8 Å². The third-order valence-corrected chi connectivity index (χ3v) is 4.31. The van der Waals surface area contributed by atoms with E-state index in [2.05, 4.69) is 16.2 Å². The van der Waals surface area contributed by atoms with Gasteiger partial charge in [0.15, 0.2) is 0 Å². The second kappa shape index (κ2) is 6.90. The third-order valence-electron chi connectivity index (χ3n) is 3.16. The van der Waals surface area contributed by atoms with E-state index in [0.29, 0.717) is 23.1 Å². The van der Waals surface area contributed by atoms with Crippen LogP contribution in [-0.4, -0.2) is 27.0 Å². The van der Waals surface area contributed by atoms with Gasteiger partial charge in [-0.15, -0.1) is 0 Å². The number of nitriles is 1. The molecule has 0 aliphatic rings. The minimum atomic E-state index is 0.349. The van der Waals surface area contributed by atoms with E-state index in [1.165, 1.54) is 11.8 Å². The minimum absolute atomic E-state index is 0.349. The number of hydrogen-bond donors (Lipinski definition) is 0. The van der Waals surface area contributed by atoms with Gasteiger partial charge in [0.25, 0.3) is 0 Å². The van der Waals surface area contributed by atoms with Crippen LogP contribution in [0.2, 0.25) is 5.02 Å². The Morgan fingerprint density at radius 3 is 3.00 bits per heavy atom. The number of fused-ring (bicyclic) bond motifs is 1. The first-order valence-electron chi connectivity index (χ1n) is 6.99. The van der Waals surface area contributed by atoms with Gasteiger partial charge in [-0.3, -0.25) is 0 Å². The van der Waals surface area contributed by atoms with E-state index < -0.39 is 0 Å². The number of hydrogen-bond acceptors (Lipinski definition) is 5. The van der Waals surface area contributed by atoms with Crippen molar-refractivity contribution in [1.29, 1.82) is 5.26 Å². The molecule has 2 aromatic heterocycles. The summed E-state index contributed by atoms with van der Waals surface area (Å²) < 4.78 is 7.20. The minimum Gasteiger partial charge on any atom is -0.492 e. The Balaban J connectivity index is 2.00. The molecule has 0 spiro atoms. The Morgan fingerprint density at radius 1 is 1.39 bits per heavy atom. The molecule has 3 aromatic rings. The number of benzene rings is 1. The van der Waals surface area contributed by atoms with Gasteiger partial charge >= 0.3 is 0 Å².